The van der Waals surface area contributed by atoms with Crippen LogP contribution in [0.4, 0.5) is 17.6 Å². The molecule has 0 fully saturated rings. The minimum absolute atomic E-state index is 0.0373. The van der Waals surface area contributed by atoms with Gasteiger partial charge >= 0.3 is 6.18 Å². The topological polar surface area (TPSA) is 35.2 Å². The summed E-state index contributed by atoms with van der Waals surface area (Å²) in [5.74, 6) is -2.13. The largest absolute Gasteiger partial charge is 0.496 e. The molecule has 0 aromatic heterocycles. The second-order valence-electron chi connectivity index (χ2n) is 7.60. The van der Waals surface area contributed by atoms with Crippen LogP contribution < -0.4 is 10.5 Å². The standard InChI is InChI=1S/C22H27F4NO/c1-14-9-15(2)11-16(10-14)12-20(22(24,25)26)21(3,7-8-27)18-13-17(23)5-6-19(18)28-4/h5-6,9-11,13,20H,7-8,12,27H2,1-4H3. The summed E-state index contributed by atoms with van der Waals surface area (Å²) in [7, 11) is 1.37. The number of aryl methyl sites for hydroxylation is 2. The molecule has 2 aromatic rings. The van der Waals surface area contributed by atoms with E-state index in [1.165, 1.54) is 26.2 Å². The van der Waals surface area contributed by atoms with Crippen molar-refractivity contribution in [3.63, 3.8) is 0 Å². The molecule has 2 unspecified atom stereocenters. The normalized spacial score (nSPS) is 15.2. The average Bonchev–Trinajstić information content (AvgIpc) is 2.58. The summed E-state index contributed by atoms with van der Waals surface area (Å²) in [6, 6.07) is 9.12. The second-order valence-corrected chi connectivity index (χ2v) is 7.60. The summed E-state index contributed by atoms with van der Waals surface area (Å²) >= 11 is 0. The van der Waals surface area contributed by atoms with Crippen LogP contribution in [0.15, 0.2) is 36.4 Å². The van der Waals surface area contributed by atoms with Crippen molar-refractivity contribution in [1.29, 1.82) is 0 Å². The van der Waals surface area contributed by atoms with E-state index in [-0.39, 0.29) is 30.7 Å². The van der Waals surface area contributed by atoms with E-state index in [0.717, 1.165) is 17.2 Å². The van der Waals surface area contributed by atoms with E-state index in [9.17, 15) is 17.6 Å². The zero-order chi connectivity index (χ0) is 21.1. The molecule has 0 aliphatic heterocycles. The van der Waals surface area contributed by atoms with Gasteiger partial charge in [-0.2, -0.15) is 13.2 Å². The van der Waals surface area contributed by atoms with Gasteiger partial charge < -0.3 is 10.5 Å². The summed E-state index contributed by atoms with van der Waals surface area (Å²) in [6.45, 7) is 5.25. The number of hydrogen-bond donors (Lipinski definition) is 1. The molecule has 2 aromatic carbocycles. The first-order chi connectivity index (χ1) is 13.0. The van der Waals surface area contributed by atoms with Gasteiger partial charge in [-0.05, 0) is 57.0 Å². The summed E-state index contributed by atoms with van der Waals surface area (Å²) in [5.41, 5.74) is 6.84. The summed E-state index contributed by atoms with van der Waals surface area (Å²) < 4.78 is 62.1. The lowest BCUT2D eigenvalue weighted by Gasteiger charge is -2.40. The Morgan fingerprint density at radius 2 is 1.64 bits per heavy atom. The van der Waals surface area contributed by atoms with Gasteiger partial charge in [0, 0.05) is 11.0 Å². The van der Waals surface area contributed by atoms with Gasteiger partial charge in [0.05, 0.1) is 13.0 Å². The van der Waals surface area contributed by atoms with Crippen LogP contribution in [-0.4, -0.2) is 19.8 Å². The molecule has 0 aliphatic rings. The molecule has 0 aliphatic carbocycles. The van der Waals surface area contributed by atoms with Gasteiger partial charge in [0.15, 0.2) is 0 Å². The highest BCUT2D eigenvalue weighted by Crippen LogP contribution is 2.48. The maximum absolute atomic E-state index is 14.3. The van der Waals surface area contributed by atoms with E-state index in [1.54, 1.807) is 12.1 Å². The first kappa shape index (κ1) is 22.2. The maximum atomic E-state index is 14.3. The predicted molar refractivity (Wildman–Crippen MR) is 103 cm³/mol. The lowest BCUT2D eigenvalue weighted by atomic mass is 9.66. The van der Waals surface area contributed by atoms with Crippen LogP contribution in [0.25, 0.3) is 0 Å². The summed E-state index contributed by atoms with van der Waals surface area (Å²) in [5, 5.41) is 0. The third-order valence-corrected chi connectivity index (χ3v) is 5.33. The van der Waals surface area contributed by atoms with Gasteiger partial charge in [-0.1, -0.05) is 36.2 Å². The number of nitrogens with two attached hydrogens (primary N) is 1. The molecule has 2 rings (SSSR count). The second kappa shape index (κ2) is 8.52. The fourth-order valence-electron chi connectivity index (χ4n) is 4.05. The molecule has 0 radical (unpaired) electrons. The predicted octanol–water partition coefficient (Wildman–Crippen LogP) is 5.48. The first-order valence-electron chi connectivity index (χ1n) is 9.19. The molecule has 2 atom stereocenters. The zero-order valence-electron chi connectivity index (χ0n) is 16.7. The lowest BCUT2D eigenvalue weighted by molar-refractivity contribution is -0.193. The number of hydrogen-bond acceptors (Lipinski definition) is 2. The fraction of sp³-hybridized carbons (Fsp3) is 0.455. The quantitative estimate of drug-likeness (QED) is 0.628. The number of ether oxygens (including phenoxy) is 1. The van der Waals surface area contributed by atoms with Crippen LogP contribution in [0.3, 0.4) is 0 Å². The minimum atomic E-state index is -4.50. The Kier molecular flexibility index (Phi) is 6.75. The van der Waals surface area contributed by atoms with Crippen LogP contribution >= 0.6 is 0 Å². The third kappa shape index (κ3) is 4.85. The van der Waals surface area contributed by atoms with E-state index in [2.05, 4.69) is 0 Å². The lowest BCUT2D eigenvalue weighted by Crippen LogP contribution is -2.44. The molecule has 28 heavy (non-hydrogen) atoms. The first-order valence-corrected chi connectivity index (χ1v) is 9.19. The van der Waals surface area contributed by atoms with Crippen molar-refractivity contribution in [2.24, 2.45) is 11.7 Å². The van der Waals surface area contributed by atoms with Crippen molar-refractivity contribution < 1.29 is 22.3 Å². The Balaban J connectivity index is 2.64. The van der Waals surface area contributed by atoms with Gasteiger partial charge in [-0.15, -0.1) is 0 Å². The van der Waals surface area contributed by atoms with Gasteiger partial charge in [-0.25, -0.2) is 4.39 Å². The molecule has 0 saturated carbocycles. The molecule has 0 heterocycles. The Bertz CT molecular complexity index is 798. The van der Waals surface area contributed by atoms with Crippen LogP contribution in [0.5, 0.6) is 5.75 Å². The number of methoxy groups -OCH3 is 1. The van der Waals surface area contributed by atoms with Crippen LogP contribution in [0.2, 0.25) is 0 Å². The monoisotopic (exact) mass is 397 g/mol. The highest BCUT2D eigenvalue weighted by molar-refractivity contribution is 5.41. The average molecular weight is 397 g/mol. The van der Waals surface area contributed by atoms with Crippen molar-refractivity contribution in [2.75, 3.05) is 13.7 Å². The SMILES string of the molecule is COc1ccc(F)cc1C(C)(CCN)C(Cc1cc(C)cc(C)c1)C(F)(F)F. The Hall–Kier alpha value is -2.08. The molecule has 0 spiro atoms. The Morgan fingerprint density at radius 1 is 1.04 bits per heavy atom. The van der Waals surface area contributed by atoms with Gasteiger partial charge in [0.1, 0.15) is 11.6 Å². The highest BCUT2D eigenvalue weighted by atomic mass is 19.4. The fourth-order valence-corrected chi connectivity index (χ4v) is 4.05. The van der Waals surface area contributed by atoms with Crippen molar-refractivity contribution in [3.8, 4) is 5.75 Å². The number of halogens is 4. The van der Waals surface area contributed by atoms with E-state index >= 15 is 0 Å². The summed E-state index contributed by atoms with van der Waals surface area (Å²) in [6.07, 6.45) is -4.68. The zero-order valence-corrected chi connectivity index (χ0v) is 16.7. The molecule has 0 saturated heterocycles. The smallest absolute Gasteiger partial charge is 0.392 e. The van der Waals surface area contributed by atoms with E-state index < -0.39 is 23.3 Å². The molecule has 154 valence electrons. The van der Waals surface area contributed by atoms with Crippen molar-refractivity contribution in [2.45, 2.75) is 45.2 Å². The Morgan fingerprint density at radius 3 is 2.14 bits per heavy atom. The molecule has 0 bridgehead atoms. The molecule has 0 amide bonds. The maximum Gasteiger partial charge on any atom is 0.392 e. The van der Waals surface area contributed by atoms with Gasteiger partial charge in [-0.3, -0.25) is 0 Å². The van der Waals surface area contributed by atoms with E-state index in [0.29, 0.717) is 5.56 Å². The highest BCUT2D eigenvalue weighted by Gasteiger charge is 2.52. The third-order valence-electron chi connectivity index (χ3n) is 5.33. The van der Waals surface area contributed by atoms with E-state index in [1.807, 2.05) is 19.9 Å². The molecular formula is C22H27F4NO. The number of rotatable bonds is 7. The summed E-state index contributed by atoms with van der Waals surface area (Å²) in [4.78, 5) is 0. The van der Waals surface area contributed by atoms with Crippen LogP contribution in [0, 0.1) is 25.6 Å². The van der Waals surface area contributed by atoms with Crippen molar-refractivity contribution in [3.05, 3.63) is 64.5 Å². The minimum Gasteiger partial charge on any atom is -0.496 e. The number of benzene rings is 2. The molecular weight excluding hydrogens is 370 g/mol. The molecule has 2 N–H and O–H groups in total. The molecule has 2 nitrogen and oxygen atoms in total. The molecule has 6 heteroatoms. The van der Waals surface area contributed by atoms with Crippen molar-refractivity contribution in [1.82, 2.24) is 0 Å². The number of alkyl halides is 3. The van der Waals surface area contributed by atoms with Crippen LogP contribution in [-0.2, 0) is 11.8 Å². The van der Waals surface area contributed by atoms with Crippen LogP contribution in [0.1, 0.15) is 35.6 Å². The Labute approximate surface area is 163 Å². The van der Waals surface area contributed by atoms with Gasteiger partial charge in [0.2, 0.25) is 0 Å². The van der Waals surface area contributed by atoms with Gasteiger partial charge in [0.25, 0.3) is 0 Å². The van der Waals surface area contributed by atoms with Crippen molar-refractivity contribution >= 4 is 0 Å². The van der Waals surface area contributed by atoms with E-state index in [4.69, 9.17) is 10.5 Å².